The Kier molecular flexibility index (Phi) is 5.38. The van der Waals surface area contributed by atoms with Gasteiger partial charge in [0.05, 0.1) is 0 Å². The van der Waals surface area contributed by atoms with Gasteiger partial charge in [-0.05, 0) is 42.5 Å². The van der Waals surface area contributed by atoms with E-state index < -0.39 is 5.76 Å². The van der Waals surface area contributed by atoms with Crippen molar-refractivity contribution in [1.29, 1.82) is 0 Å². The predicted octanol–water partition coefficient (Wildman–Crippen LogP) is 4.32. The van der Waals surface area contributed by atoms with Crippen LogP contribution in [0.2, 0.25) is 0 Å². The van der Waals surface area contributed by atoms with Gasteiger partial charge in [0, 0.05) is 35.9 Å². The third-order valence-electron chi connectivity index (χ3n) is 2.96. The van der Waals surface area contributed by atoms with Crippen molar-refractivity contribution in [3.63, 3.8) is 0 Å². The highest BCUT2D eigenvalue weighted by molar-refractivity contribution is 7.99. The number of hydrogen-bond donors (Lipinski definition) is 1. The van der Waals surface area contributed by atoms with E-state index in [1.54, 1.807) is 36.4 Å². The first kappa shape index (κ1) is 16.3. The van der Waals surface area contributed by atoms with Crippen molar-refractivity contribution in [3.05, 3.63) is 54.1 Å². The second kappa shape index (κ2) is 7.26. The van der Waals surface area contributed by atoms with Crippen LogP contribution in [0.4, 0.5) is 20.2 Å². The lowest BCUT2D eigenvalue weighted by Gasteiger charge is -2.13. The minimum Gasteiger partial charge on any atom is -0.378 e. The molecule has 0 unspecified atom stereocenters. The Morgan fingerprint density at radius 2 is 1.82 bits per heavy atom. The van der Waals surface area contributed by atoms with Crippen LogP contribution in [0.5, 0.6) is 0 Å². The number of nitrogens with zero attached hydrogens (tertiary/aromatic N) is 1. The molecule has 22 heavy (non-hydrogen) atoms. The molecule has 2 aromatic carbocycles. The monoisotopic (exact) mass is 322 g/mol. The van der Waals surface area contributed by atoms with Crippen LogP contribution in [0.3, 0.4) is 0 Å². The Balaban J connectivity index is 2.07. The molecule has 6 heteroatoms. The van der Waals surface area contributed by atoms with Gasteiger partial charge in [-0.3, -0.25) is 4.79 Å². The third kappa shape index (κ3) is 4.46. The molecule has 0 saturated heterocycles. The third-order valence-corrected chi connectivity index (χ3v) is 3.68. The van der Waals surface area contributed by atoms with Crippen molar-refractivity contribution in [2.45, 2.75) is 10.7 Å². The zero-order chi connectivity index (χ0) is 16.1. The van der Waals surface area contributed by atoms with Crippen molar-refractivity contribution >= 4 is 29.0 Å². The number of halogens is 2. The second-order valence-electron chi connectivity index (χ2n) is 4.80. The zero-order valence-electron chi connectivity index (χ0n) is 12.2. The van der Waals surface area contributed by atoms with Gasteiger partial charge in [0.25, 0.3) is 11.7 Å². The molecule has 0 aliphatic heterocycles. The molecular weight excluding hydrogens is 306 g/mol. The van der Waals surface area contributed by atoms with E-state index in [2.05, 4.69) is 5.32 Å². The lowest BCUT2D eigenvalue weighted by atomic mass is 10.1. The minimum atomic E-state index is -2.45. The molecule has 0 heterocycles. The standard InChI is InChI=1S/C16H16F2N2OS/c1-20(2)13-5-3-4-11(10-13)15(21)19-12-6-8-14(9-7-12)22-16(17)18/h3-10,16H,1-2H3,(H,19,21). The molecule has 1 amide bonds. The minimum absolute atomic E-state index is 0.238. The van der Waals surface area contributed by atoms with Crippen LogP contribution in [0.25, 0.3) is 0 Å². The smallest absolute Gasteiger partial charge is 0.288 e. The average Bonchev–Trinajstić information content (AvgIpc) is 2.49. The van der Waals surface area contributed by atoms with Gasteiger partial charge in [-0.2, -0.15) is 8.78 Å². The maximum atomic E-state index is 12.2. The highest BCUT2D eigenvalue weighted by Crippen LogP contribution is 2.26. The van der Waals surface area contributed by atoms with Gasteiger partial charge in [-0.1, -0.05) is 17.8 Å². The summed E-state index contributed by atoms with van der Waals surface area (Å²) in [4.78, 5) is 14.6. The number of nitrogens with one attached hydrogen (secondary N) is 1. The number of thioether (sulfide) groups is 1. The van der Waals surface area contributed by atoms with E-state index in [-0.39, 0.29) is 5.91 Å². The second-order valence-corrected chi connectivity index (χ2v) is 5.87. The molecule has 1 N–H and O–H groups in total. The van der Waals surface area contributed by atoms with Gasteiger partial charge in [-0.15, -0.1) is 0 Å². The largest absolute Gasteiger partial charge is 0.378 e. The fourth-order valence-electron chi connectivity index (χ4n) is 1.85. The first-order chi connectivity index (χ1) is 10.5. The van der Waals surface area contributed by atoms with Crippen LogP contribution in [0.1, 0.15) is 10.4 Å². The van der Waals surface area contributed by atoms with Crippen molar-refractivity contribution < 1.29 is 13.6 Å². The van der Waals surface area contributed by atoms with E-state index >= 15 is 0 Å². The molecule has 116 valence electrons. The first-order valence-electron chi connectivity index (χ1n) is 6.59. The summed E-state index contributed by atoms with van der Waals surface area (Å²) in [5, 5.41) is 2.75. The maximum absolute atomic E-state index is 12.2. The fraction of sp³-hybridized carbons (Fsp3) is 0.188. The van der Waals surface area contributed by atoms with Crippen LogP contribution < -0.4 is 10.2 Å². The van der Waals surface area contributed by atoms with Crippen molar-refractivity contribution in [3.8, 4) is 0 Å². The highest BCUT2D eigenvalue weighted by atomic mass is 32.2. The van der Waals surface area contributed by atoms with Crippen LogP contribution in [0.15, 0.2) is 53.4 Å². The maximum Gasteiger partial charge on any atom is 0.288 e. The summed E-state index contributed by atoms with van der Waals surface area (Å²) in [6.07, 6.45) is 0. The van der Waals surface area contributed by atoms with E-state index in [9.17, 15) is 13.6 Å². The predicted molar refractivity (Wildman–Crippen MR) is 87.0 cm³/mol. The highest BCUT2D eigenvalue weighted by Gasteiger charge is 2.09. The number of hydrogen-bond acceptors (Lipinski definition) is 3. The quantitative estimate of drug-likeness (QED) is 0.832. The number of anilines is 2. The molecule has 0 bridgehead atoms. The molecule has 0 atom stereocenters. The van der Waals surface area contributed by atoms with Crippen LogP contribution >= 0.6 is 11.8 Å². The Morgan fingerprint density at radius 3 is 2.41 bits per heavy atom. The molecule has 0 aromatic heterocycles. The Hall–Kier alpha value is -2.08. The fourth-order valence-corrected chi connectivity index (χ4v) is 2.35. The topological polar surface area (TPSA) is 32.3 Å². The van der Waals surface area contributed by atoms with Gasteiger partial charge in [-0.25, -0.2) is 0 Å². The Morgan fingerprint density at radius 1 is 1.14 bits per heavy atom. The van der Waals surface area contributed by atoms with Crippen LogP contribution in [-0.2, 0) is 0 Å². The summed E-state index contributed by atoms with van der Waals surface area (Å²) < 4.78 is 24.5. The molecular formula is C16H16F2N2OS. The summed E-state index contributed by atoms with van der Waals surface area (Å²) in [6.45, 7) is 0. The van der Waals surface area contributed by atoms with Crippen LogP contribution in [-0.4, -0.2) is 25.8 Å². The van der Waals surface area contributed by atoms with E-state index in [1.807, 2.05) is 31.1 Å². The lowest BCUT2D eigenvalue weighted by molar-refractivity contribution is 0.102. The molecule has 0 spiro atoms. The molecule has 0 saturated carbocycles. The van der Waals surface area contributed by atoms with E-state index in [0.717, 1.165) is 5.69 Å². The van der Waals surface area contributed by atoms with Gasteiger partial charge in [0.15, 0.2) is 0 Å². The normalized spacial score (nSPS) is 10.6. The van der Waals surface area contributed by atoms with Crippen molar-refractivity contribution in [1.82, 2.24) is 0 Å². The molecule has 0 aliphatic carbocycles. The van der Waals surface area contributed by atoms with Crippen molar-refractivity contribution in [2.24, 2.45) is 0 Å². The van der Waals surface area contributed by atoms with Gasteiger partial charge in [0.1, 0.15) is 0 Å². The molecule has 0 aliphatic rings. The van der Waals surface area contributed by atoms with Crippen LogP contribution in [0, 0.1) is 0 Å². The number of carbonyl (C=O) groups excluding carboxylic acids is 1. The Labute approximate surface area is 132 Å². The summed E-state index contributed by atoms with van der Waals surface area (Å²) in [5.41, 5.74) is 2.03. The summed E-state index contributed by atoms with van der Waals surface area (Å²) in [6, 6.07) is 13.6. The van der Waals surface area contributed by atoms with E-state index in [4.69, 9.17) is 0 Å². The summed E-state index contributed by atoms with van der Waals surface area (Å²) in [5.74, 6) is -2.69. The molecule has 2 rings (SSSR count). The number of alkyl halides is 2. The van der Waals surface area contributed by atoms with Gasteiger partial charge >= 0.3 is 0 Å². The SMILES string of the molecule is CN(C)c1cccc(C(=O)Nc2ccc(SC(F)F)cc2)c1. The number of carbonyl (C=O) groups is 1. The summed E-state index contributed by atoms with van der Waals surface area (Å²) in [7, 11) is 3.80. The van der Waals surface area contributed by atoms with E-state index in [0.29, 0.717) is 27.9 Å². The number of benzene rings is 2. The number of amides is 1. The average molecular weight is 322 g/mol. The summed E-state index contributed by atoms with van der Waals surface area (Å²) >= 11 is 0.476. The van der Waals surface area contributed by atoms with Crippen molar-refractivity contribution in [2.75, 3.05) is 24.3 Å². The zero-order valence-corrected chi connectivity index (χ0v) is 13.0. The van der Waals surface area contributed by atoms with Gasteiger partial charge < -0.3 is 10.2 Å². The van der Waals surface area contributed by atoms with E-state index in [1.165, 1.54) is 0 Å². The first-order valence-corrected chi connectivity index (χ1v) is 7.47. The molecule has 0 radical (unpaired) electrons. The number of rotatable bonds is 5. The Bertz CT molecular complexity index is 645. The van der Waals surface area contributed by atoms with Gasteiger partial charge in [0.2, 0.25) is 0 Å². The molecule has 3 nitrogen and oxygen atoms in total. The lowest BCUT2D eigenvalue weighted by Crippen LogP contribution is -2.14. The molecule has 2 aromatic rings. The molecule has 0 fully saturated rings.